The van der Waals surface area contributed by atoms with Crippen molar-refractivity contribution in [2.24, 2.45) is 0 Å². The Bertz CT molecular complexity index is 952. The summed E-state index contributed by atoms with van der Waals surface area (Å²) in [5, 5.41) is 2.20. The molecule has 2 heterocycles. The van der Waals surface area contributed by atoms with Gasteiger partial charge in [0, 0.05) is 22.7 Å². The van der Waals surface area contributed by atoms with Gasteiger partial charge in [-0.25, -0.2) is 9.97 Å². The molecule has 100 valence electrons. The van der Waals surface area contributed by atoms with Gasteiger partial charge in [0.2, 0.25) is 0 Å². The van der Waals surface area contributed by atoms with Gasteiger partial charge in [0.25, 0.3) is 0 Å². The van der Waals surface area contributed by atoms with Crippen LogP contribution in [-0.4, -0.2) is 14.5 Å². The zero-order valence-electron chi connectivity index (χ0n) is 11.4. The molecule has 3 heteroatoms. The average Bonchev–Trinajstić information content (AvgIpc) is 2.89. The van der Waals surface area contributed by atoms with Crippen molar-refractivity contribution in [3.05, 3.63) is 73.2 Å². The molecule has 2 aromatic carbocycles. The molecule has 21 heavy (non-hydrogen) atoms. The van der Waals surface area contributed by atoms with Gasteiger partial charge in [-0.2, -0.15) is 0 Å². The van der Waals surface area contributed by atoms with E-state index in [1.54, 1.807) is 6.33 Å². The van der Waals surface area contributed by atoms with Crippen molar-refractivity contribution < 1.29 is 0 Å². The SMILES string of the molecule is C=Cc1ccc2c(c1)c1cncnc1n2-c1ccccc1. The fourth-order valence-electron chi connectivity index (χ4n) is 2.74. The van der Waals surface area contributed by atoms with Crippen LogP contribution in [0.2, 0.25) is 0 Å². The van der Waals surface area contributed by atoms with Crippen LogP contribution >= 0.6 is 0 Å². The molecule has 0 radical (unpaired) electrons. The van der Waals surface area contributed by atoms with E-state index < -0.39 is 0 Å². The van der Waals surface area contributed by atoms with Crippen molar-refractivity contribution >= 4 is 28.0 Å². The highest BCUT2D eigenvalue weighted by Crippen LogP contribution is 2.30. The van der Waals surface area contributed by atoms with Crippen LogP contribution in [0.15, 0.2) is 67.6 Å². The van der Waals surface area contributed by atoms with E-state index in [2.05, 4.69) is 51.4 Å². The molecule has 0 amide bonds. The maximum absolute atomic E-state index is 4.48. The number of hydrogen-bond donors (Lipinski definition) is 0. The fourth-order valence-corrected chi connectivity index (χ4v) is 2.74. The molecule has 0 unspecified atom stereocenters. The zero-order chi connectivity index (χ0) is 14.2. The topological polar surface area (TPSA) is 30.7 Å². The summed E-state index contributed by atoms with van der Waals surface area (Å²) in [6.45, 7) is 3.84. The van der Waals surface area contributed by atoms with E-state index in [-0.39, 0.29) is 0 Å². The van der Waals surface area contributed by atoms with E-state index in [0.29, 0.717) is 0 Å². The predicted molar refractivity (Wildman–Crippen MR) is 86.5 cm³/mol. The van der Waals surface area contributed by atoms with E-state index >= 15 is 0 Å². The molecule has 3 nitrogen and oxygen atoms in total. The van der Waals surface area contributed by atoms with Gasteiger partial charge in [-0.1, -0.05) is 36.9 Å². The van der Waals surface area contributed by atoms with Crippen LogP contribution in [-0.2, 0) is 0 Å². The van der Waals surface area contributed by atoms with Crippen LogP contribution in [0.5, 0.6) is 0 Å². The van der Waals surface area contributed by atoms with Crippen molar-refractivity contribution in [3.8, 4) is 5.69 Å². The van der Waals surface area contributed by atoms with Crippen LogP contribution in [0, 0.1) is 0 Å². The molecule has 4 aromatic rings. The molecular formula is C18H13N3. The van der Waals surface area contributed by atoms with Gasteiger partial charge in [0.15, 0.2) is 0 Å². The lowest BCUT2D eigenvalue weighted by Crippen LogP contribution is -1.94. The predicted octanol–water partition coefficient (Wildman–Crippen LogP) is 4.22. The molecule has 2 aromatic heterocycles. The van der Waals surface area contributed by atoms with E-state index in [0.717, 1.165) is 33.2 Å². The molecule has 0 N–H and O–H groups in total. The highest BCUT2D eigenvalue weighted by Gasteiger charge is 2.13. The summed E-state index contributed by atoms with van der Waals surface area (Å²) < 4.78 is 2.17. The van der Waals surface area contributed by atoms with Gasteiger partial charge in [-0.05, 0) is 29.8 Å². The highest BCUT2D eigenvalue weighted by atomic mass is 15.1. The summed E-state index contributed by atoms with van der Waals surface area (Å²) in [5.74, 6) is 0. The molecule has 0 atom stereocenters. The number of nitrogens with zero attached hydrogens (tertiary/aromatic N) is 3. The molecule has 4 rings (SSSR count). The summed E-state index contributed by atoms with van der Waals surface area (Å²) >= 11 is 0. The lowest BCUT2D eigenvalue weighted by Gasteiger charge is -2.06. The summed E-state index contributed by atoms with van der Waals surface area (Å²) in [4.78, 5) is 8.65. The van der Waals surface area contributed by atoms with Crippen LogP contribution in [0.3, 0.4) is 0 Å². The Morgan fingerprint density at radius 1 is 1.00 bits per heavy atom. The monoisotopic (exact) mass is 271 g/mol. The smallest absolute Gasteiger partial charge is 0.148 e. The summed E-state index contributed by atoms with van der Waals surface area (Å²) in [7, 11) is 0. The minimum Gasteiger partial charge on any atom is -0.294 e. The van der Waals surface area contributed by atoms with Crippen molar-refractivity contribution in [1.82, 2.24) is 14.5 Å². The number of fused-ring (bicyclic) bond motifs is 3. The fraction of sp³-hybridized carbons (Fsp3) is 0. The van der Waals surface area contributed by atoms with Gasteiger partial charge in [-0.15, -0.1) is 0 Å². The first kappa shape index (κ1) is 11.9. The first-order chi connectivity index (χ1) is 10.4. The van der Waals surface area contributed by atoms with Crippen molar-refractivity contribution in [3.63, 3.8) is 0 Å². The van der Waals surface area contributed by atoms with Crippen molar-refractivity contribution in [1.29, 1.82) is 0 Å². The van der Waals surface area contributed by atoms with Gasteiger partial charge in [0.05, 0.1) is 5.52 Å². The van der Waals surface area contributed by atoms with E-state index in [4.69, 9.17) is 0 Å². The Balaban J connectivity index is 2.20. The minimum absolute atomic E-state index is 0.924. The summed E-state index contributed by atoms with van der Waals surface area (Å²) in [5.41, 5.74) is 4.25. The van der Waals surface area contributed by atoms with Crippen LogP contribution in [0.4, 0.5) is 0 Å². The number of rotatable bonds is 2. The minimum atomic E-state index is 0.924. The summed E-state index contributed by atoms with van der Waals surface area (Å²) in [6.07, 6.45) is 5.32. The molecular weight excluding hydrogens is 258 g/mol. The number of aromatic nitrogens is 3. The second kappa shape index (κ2) is 4.56. The number of benzene rings is 2. The largest absolute Gasteiger partial charge is 0.294 e. The normalized spacial score (nSPS) is 11.0. The zero-order valence-corrected chi connectivity index (χ0v) is 11.4. The number of hydrogen-bond acceptors (Lipinski definition) is 2. The Hall–Kier alpha value is -2.94. The van der Waals surface area contributed by atoms with Crippen LogP contribution < -0.4 is 0 Å². The Labute approximate surface area is 122 Å². The van der Waals surface area contributed by atoms with Crippen molar-refractivity contribution in [2.45, 2.75) is 0 Å². The molecule has 0 aliphatic heterocycles. The quantitative estimate of drug-likeness (QED) is 0.546. The maximum Gasteiger partial charge on any atom is 0.148 e. The van der Waals surface area contributed by atoms with Crippen LogP contribution in [0.1, 0.15) is 5.56 Å². The molecule has 0 fully saturated rings. The van der Waals surface area contributed by atoms with Gasteiger partial charge >= 0.3 is 0 Å². The lowest BCUT2D eigenvalue weighted by molar-refractivity contribution is 1.11. The Morgan fingerprint density at radius 2 is 1.86 bits per heavy atom. The third kappa shape index (κ3) is 1.75. The van der Waals surface area contributed by atoms with E-state index in [1.165, 1.54) is 0 Å². The van der Waals surface area contributed by atoms with E-state index in [9.17, 15) is 0 Å². The lowest BCUT2D eigenvalue weighted by atomic mass is 10.1. The molecule has 0 spiro atoms. The molecule has 0 saturated heterocycles. The van der Waals surface area contributed by atoms with E-state index in [1.807, 2.05) is 30.5 Å². The third-order valence-electron chi connectivity index (χ3n) is 3.70. The van der Waals surface area contributed by atoms with Gasteiger partial charge < -0.3 is 0 Å². The third-order valence-corrected chi connectivity index (χ3v) is 3.70. The van der Waals surface area contributed by atoms with Crippen molar-refractivity contribution in [2.75, 3.05) is 0 Å². The van der Waals surface area contributed by atoms with Gasteiger partial charge in [0.1, 0.15) is 12.0 Å². The second-order valence-electron chi connectivity index (χ2n) is 4.91. The molecule has 0 bridgehead atoms. The summed E-state index contributed by atoms with van der Waals surface area (Å²) in [6, 6.07) is 16.6. The molecule has 0 saturated carbocycles. The number of para-hydroxylation sites is 1. The van der Waals surface area contributed by atoms with Crippen LogP contribution in [0.25, 0.3) is 33.7 Å². The Morgan fingerprint density at radius 3 is 2.67 bits per heavy atom. The first-order valence-corrected chi connectivity index (χ1v) is 6.80. The maximum atomic E-state index is 4.48. The van der Waals surface area contributed by atoms with Gasteiger partial charge in [-0.3, -0.25) is 4.57 Å². The standard InChI is InChI=1S/C18H13N3/c1-2-13-8-9-17-15(10-13)16-11-19-12-20-18(16)21(17)14-6-4-3-5-7-14/h2-12H,1H2. The second-order valence-corrected chi connectivity index (χ2v) is 4.91. The molecule has 0 aliphatic rings. The molecule has 0 aliphatic carbocycles. The Kier molecular flexibility index (Phi) is 2.57. The first-order valence-electron chi connectivity index (χ1n) is 6.80. The average molecular weight is 271 g/mol. The highest BCUT2D eigenvalue weighted by molar-refractivity contribution is 6.08.